The van der Waals surface area contributed by atoms with Crippen LogP contribution in [0.5, 0.6) is 5.75 Å². The Labute approximate surface area is 123 Å². The van der Waals surface area contributed by atoms with Gasteiger partial charge >= 0.3 is 6.61 Å². The van der Waals surface area contributed by atoms with Gasteiger partial charge in [0, 0.05) is 25.2 Å². The van der Waals surface area contributed by atoms with Crippen LogP contribution in [0.1, 0.15) is 27.7 Å². The van der Waals surface area contributed by atoms with Gasteiger partial charge in [-0.1, -0.05) is 27.7 Å². The molecule has 6 heteroatoms. The van der Waals surface area contributed by atoms with Crippen molar-refractivity contribution in [3.8, 4) is 5.75 Å². The number of nitrogen functional groups attached to an aromatic ring is 1. The van der Waals surface area contributed by atoms with Gasteiger partial charge in [-0.05, 0) is 11.8 Å². The highest BCUT2D eigenvalue weighted by molar-refractivity contribution is 5.70. The van der Waals surface area contributed by atoms with Gasteiger partial charge in [0.1, 0.15) is 0 Å². The lowest BCUT2D eigenvalue weighted by molar-refractivity contribution is -0.0521. The average Bonchev–Trinajstić information content (AvgIpc) is 2.30. The van der Waals surface area contributed by atoms with Crippen molar-refractivity contribution in [3.05, 3.63) is 17.9 Å². The van der Waals surface area contributed by atoms with E-state index in [0.717, 1.165) is 6.07 Å². The normalized spacial score (nSPS) is 11.5. The minimum Gasteiger partial charge on any atom is -0.432 e. The van der Waals surface area contributed by atoms with E-state index < -0.39 is 18.2 Å². The SMILES string of the molecule is CC(C)CN(CC(C)C)c1cc(OC(F)F)c(F)cc1N. The molecule has 0 atom stereocenters. The first kappa shape index (κ1) is 17.5. The van der Waals surface area contributed by atoms with Crippen molar-refractivity contribution < 1.29 is 17.9 Å². The topological polar surface area (TPSA) is 38.5 Å². The van der Waals surface area contributed by atoms with E-state index in [-0.39, 0.29) is 5.69 Å². The summed E-state index contributed by atoms with van der Waals surface area (Å²) in [4.78, 5) is 1.97. The molecule has 0 fully saturated rings. The zero-order valence-electron chi connectivity index (χ0n) is 12.9. The van der Waals surface area contributed by atoms with Crippen molar-refractivity contribution >= 4 is 11.4 Å². The lowest BCUT2D eigenvalue weighted by Crippen LogP contribution is -2.32. The number of hydrogen-bond donors (Lipinski definition) is 1. The second-order valence-corrected chi connectivity index (χ2v) is 5.91. The molecule has 0 spiro atoms. The molecule has 0 saturated carbocycles. The van der Waals surface area contributed by atoms with Crippen LogP contribution in [0.25, 0.3) is 0 Å². The maximum Gasteiger partial charge on any atom is 0.387 e. The Morgan fingerprint density at radius 2 is 1.62 bits per heavy atom. The summed E-state index contributed by atoms with van der Waals surface area (Å²) in [6.45, 7) is 6.50. The van der Waals surface area contributed by atoms with Crippen LogP contribution in [0.15, 0.2) is 12.1 Å². The number of rotatable bonds is 7. The summed E-state index contributed by atoms with van der Waals surface area (Å²) in [5.74, 6) is -0.655. The van der Waals surface area contributed by atoms with E-state index in [1.807, 2.05) is 32.6 Å². The smallest absolute Gasteiger partial charge is 0.387 e. The van der Waals surface area contributed by atoms with Gasteiger partial charge in [0.25, 0.3) is 0 Å². The van der Waals surface area contributed by atoms with Crippen LogP contribution in [0.2, 0.25) is 0 Å². The van der Waals surface area contributed by atoms with Gasteiger partial charge < -0.3 is 15.4 Å². The molecule has 0 aliphatic rings. The molecule has 21 heavy (non-hydrogen) atoms. The average molecular weight is 304 g/mol. The van der Waals surface area contributed by atoms with Crippen molar-refractivity contribution in [2.75, 3.05) is 23.7 Å². The van der Waals surface area contributed by atoms with E-state index >= 15 is 0 Å². The van der Waals surface area contributed by atoms with Crippen LogP contribution < -0.4 is 15.4 Å². The van der Waals surface area contributed by atoms with Crippen molar-refractivity contribution in [3.63, 3.8) is 0 Å². The molecule has 0 aliphatic heterocycles. The van der Waals surface area contributed by atoms with Crippen molar-refractivity contribution in [1.29, 1.82) is 0 Å². The maximum absolute atomic E-state index is 13.6. The lowest BCUT2D eigenvalue weighted by atomic mass is 10.1. The highest BCUT2D eigenvalue weighted by Gasteiger charge is 2.18. The summed E-state index contributed by atoms with van der Waals surface area (Å²) >= 11 is 0. The molecular formula is C15H23F3N2O. The van der Waals surface area contributed by atoms with E-state index in [1.165, 1.54) is 6.07 Å². The Morgan fingerprint density at radius 3 is 2.05 bits per heavy atom. The maximum atomic E-state index is 13.6. The van der Waals surface area contributed by atoms with E-state index in [0.29, 0.717) is 30.6 Å². The lowest BCUT2D eigenvalue weighted by Gasteiger charge is -2.30. The Hall–Kier alpha value is -1.59. The summed E-state index contributed by atoms with van der Waals surface area (Å²) in [5.41, 5.74) is 6.59. The molecule has 0 amide bonds. The first-order chi connectivity index (χ1) is 9.70. The first-order valence-electron chi connectivity index (χ1n) is 6.99. The molecule has 1 aromatic rings. The summed E-state index contributed by atoms with van der Waals surface area (Å²) < 4.78 is 42.5. The number of nitrogens with zero attached hydrogens (tertiary/aromatic N) is 1. The minimum atomic E-state index is -3.07. The molecule has 2 N–H and O–H groups in total. The molecule has 1 rings (SSSR count). The number of hydrogen-bond acceptors (Lipinski definition) is 3. The summed E-state index contributed by atoms with van der Waals surface area (Å²) in [7, 11) is 0. The standard InChI is InChI=1S/C15H23F3N2O/c1-9(2)7-20(8-10(3)4)13-6-14(21-15(17)18)11(16)5-12(13)19/h5-6,9-10,15H,7-8,19H2,1-4H3. The van der Waals surface area contributed by atoms with Gasteiger partial charge in [0.2, 0.25) is 0 Å². The van der Waals surface area contributed by atoms with Gasteiger partial charge in [-0.25, -0.2) is 4.39 Å². The van der Waals surface area contributed by atoms with Crippen LogP contribution in [0.3, 0.4) is 0 Å². The van der Waals surface area contributed by atoms with E-state index in [4.69, 9.17) is 5.73 Å². The fourth-order valence-electron chi connectivity index (χ4n) is 2.17. The van der Waals surface area contributed by atoms with Crippen LogP contribution in [0.4, 0.5) is 24.5 Å². The molecule has 0 saturated heterocycles. The molecule has 0 unspecified atom stereocenters. The molecule has 0 aromatic heterocycles. The second kappa shape index (κ2) is 7.43. The van der Waals surface area contributed by atoms with Crippen LogP contribution in [-0.2, 0) is 0 Å². The first-order valence-corrected chi connectivity index (χ1v) is 6.99. The van der Waals surface area contributed by atoms with Gasteiger partial charge in [-0.3, -0.25) is 0 Å². The van der Waals surface area contributed by atoms with E-state index in [9.17, 15) is 13.2 Å². The monoisotopic (exact) mass is 304 g/mol. The van der Waals surface area contributed by atoms with Gasteiger partial charge in [-0.15, -0.1) is 0 Å². The summed E-state index contributed by atoms with van der Waals surface area (Å²) in [6, 6.07) is 2.28. The van der Waals surface area contributed by atoms with E-state index in [2.05, 4.69) is 4.74 Å². The number of nitrogens with two attached hydrogens (primary N) is 1. The Balaban J connectivity index is 3.16. The van der Waals surface area contributed by atoms with Crippen LogP contribution in [-0.4, -0.2) is 19.7 Å². The Kier molecular flexibility index (Phi) is 6.18. The summed E-state index contributed by atoms with van der Waals surface area (Å²) in [6.07, 6.45) is 0. The number of ether oxygens (including phenoxy) is 1. The minimum absolute atomic E-state index is 0.218. The fraction of sp³-hybridized carbons (Fsp3) is 0.600. The van der Waals surface area contributed by atoms with Crippen LogP contribution in [0, 0.1) is 17.7 Å². The highest BCUT2D eigenvalue weighted by Crippen LogP contribution is 2.32. The van der Waals surface area contributed by atoms with Gasteiger partial charge in [0.05, 0.1) is 11.4 Å². The van der Waals surface area contributed by atoms with Gasteiger partial charge in [-0.2, -0.15) is 8.78 Å². The van der Waals surface area contributed by atoms with Crippen molar-refractivity contribution in [2.45, 2.75) is 34.3 Å². The number of anilines is 2. The molecule has 0 radical (unpaired) electrons. The zero-order valence-corrected chi connectivity index (χ0v) is 12.9. The third-order valence-electron chi connectivity index (χ3n) is 2.81. The molecule has 3 nitrogen and oxygen atoms in total. The second-order valence-electron chi connectivity index (χ2n) is 5.91. The van der Waals surface area contributed by atoms with Crippen molar-refractivity contribution in [2.24, 2.45) is 11.8 Å². The highest BCUT2D eigenvalue weighted by atomic mass is 19.3. The predicted molar refractivity (Wildman–Crippen MR) is 79.3 cm³/mol. The molecular weight excluding hydrogens is 281 g/mol. The molecule has 0 bridgehead atoms. The van der Waals surface area contributed by atoms with Gasteiger partial charge in [0.15, 0.2) is 11.6 Å². The number of benzene rings is 1. The zero-order chi connectivity index (χ0) is 16.2. The fourth-order valence-corrected chi connectivity index (χ4v) is 2.17. The third kappa shape index (κ3) is 5.36. The quantitative estimate of drug-likeness (QED) is 0.770. The summed E-state index contributed by atoms with van der Waals surface area (Å²) in [5, 5.41) is 0. The van der Waals surface area contributed by atoms with Crippen molar-refractivity contribution in [1.82, 2.24) is 0 Å². The van der Waals surface area contributed by atoms with E-state index in [1.54, 1.807) is 0 Å². The third-order valence-corrected chi connectivity index (χ3v) is 2.81. The largest absolute Gasteiger partial charge is 0.432 e. The number of alkyl halides is 2. The molecule has 0 heterocycles. The predicted octanol–water partition coefficient (Wildman–Crippen LogP) is 4.13. The molecule has 0 aliphatic carbocycles. The molecule has 1 aromatic carbocycles. The van der Waals surface area contributed by atoms with Crippen LogP contribution >= 0.6 is 0 Å². The Morgan fingerprint density at radius 1 is 1.10 bits per heavy atom. The molecule has 120 valence electrons. The number of halogens is 3. The Bertz CT molecular complexity index is 454.